The molecule has 0 heterocycles. The summed E-state index contributed by atoms with van der Waals surface area (Å²) < 4.78 is 0. The lowest BCUT2D eigenvalue weighted by atomic mass is 10.0. The molecular weight excluding hydrogens is 460 g/mol. The quantitative estimate of drug-likeness (QED) is 0.0876. The first-order chi connectivity index (χ1) is 18.1. The van der Waals surface area contributed by atoms with Crippen molar-refractivity contribution in [1.29, 1.82) is 0 Å². The summed E-state index contributed by atoms with van der Waals surface area (Å²) >= 11 is 0. The van der Waals surface area contributed by atoms with Crippen LogP contribution in [0.5, 0.6) is 0 Å². The molecule has 2 atom stereocenters. The molecule has 0 saturated carbocycles. The minimum Gasteiger partial charge on any atom is -0.472 e. The number of rotatable bonds is 21. The first-order valence-corrected chi connectivity index (χ1v) is 14.1. The van der Waals surface area contributed by atoms with Crippen LogP contribution in [0.25, 0.3) is 0 Å². The molecule has 0 radical (unpaired) electrons. The zero-order valence-corrected chi connectivity index (χ0v) is 22.7. The molecule has 204 valence electrons. The van der Waals surface area contributed by atoms with Gasteiger partial charge in [0.05, 0.1) is 6.10 Å². The standard InChI is InChI=1S/C33H48O4/c1-2-31(34)27-23-19-15-12-10-13-17-21-25-29-32(35)28-24-20-16-11-8-6-4-3-5-7-9-14-18-22-26-30-33(36)37/h1,18,22-23,25,27,29,31-32,34-35H,3-16,19-20,24,28H2,(H,36,37)/b22-18-,27-23+,29-25+/t31-,32?/m0/s1. The molecule has 0 aliphatic carbocycles. The summed E-state index contributed by atoms with van der Waals surface area (Å²) in [5.41, 5.74) is 0. The van der Waals surface area contributed by atoms with Gasteiger partial charge in [0, 0.05) is 12.3 Å². The van der Waals surface area contributed by atoms with Crippen molar-refractivity contribution in [3.8, 4) is 36.0 Å². The molecule has 0 saturated heterocycles. The Labute approximate surface area is 226 Å². The number of hydrogen-bond donors (Lipinski definition) is 3. The minimum absolute atomic E-state index is 0.396. The lowest BCUT2D eigenvalue weighted by Gasteiger charge is -2.05. The van der Waals surface area contributed by atoms with E-state index >= 15 is 0 Å². The number of carboxylic acid groups (broad SMARTS) is 1. The molecule has 0 aromatic carbocycles. The van der Waals surface area contributed by atoms with E-state index in [0.29, 0.717) is 0 Å². The average molecular weight is 509 g/mol. The third kappa shape index (κ3) is 29.4. The topological polar surface area (TPSA) is 77.8 Å². The van der Waals surface area contributed by atoms with Crippen molar-refractivity contribution < 1.29 is 20.1 Å². The number of allylic oxidation sites excluding steroid dienone is 4. The number of unbranched alkanes of at least 4 members (excludes halogenated alkanes) is 15. The highest BCUT2D eigenvalue weighted by Gasteiger charge is 1.99. The summed E-state index contributed by atoms with van der Waals surface area (Å²) in [5.74, 6) is 11.9. The van der Waals surface area contributed by atoms with Crippen LogP contribution in [-0.4, -0.2) is 33.5 Å². The molecule has 0 aromatic rings. The monoisotopic (exact) mass is 508 g/mol. The summed E-state index contributed by atoms with van der Waals surface area (Å²) in [5, 5.41) is 27.6. The fourth-order valence-electron chi connectivity index (χ4n) is 3.77. The molecule has 0 bridgehead atoms. The molecule has 37 heavy (non-hydrogen) atoms. The smallest absolute Gasteiger partial charge is 0.382 e. The summed E-state index contributed by atoms with van der Waals surface area (Å²) in [6.45, 7) is 0. The SMILES string of the molecule is C#C[C@H](O)/C=C/CCCCCC#C/C=C/C(O)CCCCCCCCCCCCC/C=C\C#CC(=O)O. The van der Waals surface area contributed by atoms with E-state index in [1.807, 2.05) is 12.2 Å². The predicted molar refractivity (Wildman–Crippen MR) is 155 cm³/mol. The fourth-order valence-corrected chi connectivity index (χ4v) is 3.77. The maximum absolute atomic E-state index is 10.2. The molecule has 0 amide bonds. The number of aliphatic hydroxyl groups excluding tert-OH is 2. The molecule has 4 heteroatoms. The van der Waals surface area contributed by atoms with Crippen molar-refractivity contribution in [2.75, 3.05) is 0 Å². The Morgan fingerprint density at radius 3 is 1.89 bits per heavy atom. The van der Waals surface area contributed by atoms with Crippen molar-refractivity contribution in [1.82, 2.24) is 0 Å². The van der Waals surface area contributed by atoms with Gasteiger partial charge in [-0.1, -0.05) is 106 Å². The van der Waals surface area contributed by atoms with Gasteiger partial charge in [-0.05, 0) is 62.8 Å². The zero-order valence-electron chi connectivity index (χ0n) is 22.7. The van der Waals surface area contributed by atoms with Gasteiger partial charge in [-0.15, -0.1) is 6.42 Å². The van der Waals surface area contributed by atoms with Gasteiger partial charge in [0.25, 0.3) is 0 Å². The van der Waals surface area contributed by atoms with Crippen LogP contribution in [0.1, 0.15) is 116 Å². The first-order valence-electron chi connectivity index (χ1n) is 14.1. The van der Waals surface area contributed by atoms with Crippen molar-refractivity contribution in [2.45, 2.75) is 128 Å². The van der Waals surface area contributed by atoms with E-state index in [-0.39, 0.29) is 0 Å². The largest absolute Gasteiger partial charge is 0.472 e. The van der Waals surface area contributed by atoms with E-state index < -0.39 is 18.2 Å². The number of aliphatic carboxylic acids is 1. The summed E-state index contributed by atoms with van der Waals surface area (Å²) in [4.78, 5) is 10.2. The predicted octanol–water partition coefficient (Wildman–Crippen LogP) is 7.12. The minimum atomic E-state index is -1.09. The van der Waals surface area contributed by atoms with Crippen molar-refractivity contribution in [3.63, 3.8) is 0 Å². The Balaban J connectivity index is 3.43. The highest BCUT2D eigenvalue weighted by molar-refractivity contribution is 5.86. The fraction of sp³-hybridized carbons (Fsp3) is 0.606. The second-order valence-electron chi connectivity index (χ2n) is 9.33. The van der Waals surface area contributed by atoms with Gasteiger partial charge in [-0.3, -0.25) is 0 Å². The Hall–Kier alpha value is -2.71. The third-order valence-electron chi connectivity index (χ3n) is 5.92. The van der Waals surface area contributed by atoms with E-state index in [0.717, 1.165) is 57.8 Å². The summed E-state index contributed by atoms with van der Waals surface area (Å²) in [7, 11) is 0. The van der Waals surface area contributed by atoms with E-state index in [1.165, 1.54) is 57.8 Å². The molecule has 3 N–H and O–H groups in total. The number of carbonyl (C=O) groups is 1. The van der Waals surface area contributed by atoms with Crippen molar-refractivity contribution >= 4 is 5.97 Å². The Bertz CT molecular complexity index is 807. The summed E-state index contributed by atoms with van der Waals surface area (Å²) in [6, 6.07) is 0. The van der Waals surface area contributed by atoms with Crippen LogP contribution >= 0.6 is 0 Å². The molecule has 1 unspecified atom stereocenters. The van der Waals surface area contributed by atoms with Gasteiger partial charge in [0.1, 0.15) is 6.10 Å². The molecular formula is C33H48O4. The average Bonchev–Trinajstić information content (AvgIpc) is 2.88. The maximum atomic E-state index is 10.2. The Morgan fingerprint density at radius 2 is 1.27 bits per heavy atom. The molecule has 0 aliphatic rings. The second kappa shape index (κ2) is 27.9. The Morgan fingerprint density at radius 1 is 0.703 bits per heavy atom. The van der Waals surface area contributed by atoms with Crippen molar-refractivity contribution in [2.24, 2.45) is 0 Å². The van der Waals surface area contributed by atoms with Gasteiger partial charge in [-0.2, -0.15) is 0 Å². The maximum Gasteiger partial charge on any atom is 0.382 e. The van der Waals surface area contributed by atoms with Crippen LogP contribution in [0.15, 0.2) is 36.5 Å². The molecule has 0 aliphatic heterocycles. The highest BCUT2D eigenvalue weighted by Crippen LogP contribution is 2.13. The van der Waals surface area contributed by atoms with Gasteiger partial charge in [-0.25, -0.2) is 4.79 Å². The van der Waals surface area contributed by atoms with E-state index in [2.05, 4.69) is 29.6 Å². The first kappa shape index (κ1) is 34.3. The van der Waals surface area contributed by atoms with Gasteiger partial charge >= 0.3 is 5.97 Å². The third-order valence-corrected chi connectivity index (χ3v) is 5.92. The molecule has 4 nitrogen and oxygen atoms in total. The van der Waals surface area contributed by atoms with Crippen LogP contribution in [0.4, 0.5) is 0 Å². The Kier molecular flexibility index (Phi) is 25.8. The van der Waals surface area contributed by atoms with Crippen molar-refractivity contribution in [3.05, 3.63) is 36.5 Å². The van der Waals surface area contributed by atoms with Crippen LogP contribution in [0.3, 0.4) is 0 Å². The van der Waals surface area contributed by atoms with E-state index in [4.69, 9.17) is 11.5 Å². The number of aliphatic hydroxyl groups is 2. The normalized spacial score (nSPS) is 12.7. The summed E-state index contributed by atoms with van der Waals surface area (Å²) in [6.07, 6.45) is 35.1. The highest BCUT2D eigenvalue weighted by atomic mass is 16.4. The van der Waals surface area contributed by atoms with Gasteiger partial charge in [0.2, 0.25) is 0 Å². The lowest BCUT2D eigenvalue weighted by molar-refractivity contribution is -0.130. The van der Waals surface area contributed by atoms with Crippen LogP contribution in [0, 0.1) is 36.0 Å². The zero-order chi connectivity index (χ0) is 27.2. The molecule has 0 fully saturated rings. The van der Waals surface area contributed by atoms with E-state index in [1.54, 1.807) is 24.3 Å². The van der Waals surface area contributed by atoms with Crippen LogP contribution in [-0.2, 0) is 4.79 Å². The number of terminal acetylenes is 1. The lowest BCUT2D eigenvalue weighted by Crippen LogP contribution is -2.01. The number of hydrogen-bond acceptors (Lipinski definition) is 3. The molecule has 0 rings (SSSR count). The van der Waals surface area contributed by atoms with E-state index in [9.17, 15) is 15.0 Å². The van der Waals surface area contributed by atoms with Crippen LogP contribution < -0.4 is 0 Å². The second-order valence-corrected chi connectivity index (χ2v) is 9.33. The van der Waals surface area contributed by atoms with Gasteiger partial charge in [0.15, 0.2) is 0 Å². The molecule has 0 aromatic heterocycles. The molecule has 0 spiro atoms. The number of carboxylic acids is 1. The van der Waals surface area contributed by atoms with Crippen LogP contribution in [0.2, 0.25) is 0 Å². The van der Waals surface area contributed by atoms with Gasteiger partial charge < -0.3 is 15.3 Å².